The molecule has 118 valence electrons. The summed E-state index contributed by atoms with van der Waals surface area (Å²) in [5.74, 6) is 0.0134. The minimum absolute atomic E-state index is 0.0134. The number of morpholine rings is 1. The highest BCUT2D eigenvalue weighted by Gasteiger charge is 2.27. The standard InChI is InChI=1S/C16H21N3O3/c1-11-9-18(10-12(2)22-11)15(20)13-3-5-14(6-4-13)19-8-7-17-16(19)21/h3-6,11-12H,7-10H2,1-2H3,(H,17,21)/t11-,12-/m1/s1. The number of amides is 3. The number of rotatable bonds is 2. The molecule has 0 spiro atoms. The van der Waals surface area contributed by atoms with Crippen LogP contribution in [0.4, 0.5) is 10.5 Å². The molecule has 2 fully saturated rings. The van der Waals surface area contributed by atoms with Crippen molar-refractivity contribution in [1.29, 1.82) is 0 Å². The maximum Gasteiger partial charge on any atom is 0.321 e. The maximum absolute atomic E-state index is 12.6. The van der Waals surface area contributed by atoms with Crippen molar-refractivity contribution in [3.8, 4) is 0 Å². The van der Waals surface area contributed by atoms with Crippen molar-refractivity contribution in [3.05, 3.63) is 29.8 Å². The molecule has 0 radical (unpaired) electrons. The van der Waals surface area contributed by atoms with Crippen molar-refractivity contribution < 1.29 is 14.3 Å². The number of ether oxygens (including phenoxy) is 1. The highest BCUT2D eigenvalue weighted by Crippen LogP contribution is 2.19. The van der Waals surface area contributed by atoms with Gasteiger partial charge in [-0.1, -0.05) is 0 Å². The Labute approximate surface area is 130 Å². The van der Waals surface area contributed by atoms with Gasteiger partial charge in [-0.25, -0.2) is 4.79 Å². The Balaban J connectivity index is 1.72. The smallest absolute Gasteiger partial charge is 0.321 e. The van der Waals surface area contributed by atoms with Crippen LogP contribution >= 0.6 is 0 Å². The predicted octanol–water partition coefficient (Wildman–Crippen LogP) is 1.47. The zero-order chi connectivity index (χ0) is 15.7. The number of anilines is 1. The fourth-order valence-electron chi connectivity index (χ4n) is 3.03. The molecular weight excluding hydrogens is 282 g/mol. The van der Waals surface area contributed by atoms with Crippen molar-refractivity contribution in [1.82, 2.24) is 10.2 Å². The van der Waals surface area contributed by atoms with E-state index in [-0.39, 0.29) is 24.1 Å². The normalized spacial score (nSPS) is 25.3. The van der Waals surface area contributed by atoms with Crippen molar-refractivity contribution in [3.63, 3.8) is 0 Å². The van der Waals surface area contributed by atoms with E-state index in [2.05, 4.69) is 5.32 Å². The quantitative estimate of drug-likeness (QED) is 0.900. The third-order valence-corrected chi connectivity index (χ3v) is 3.99. The van der Waals surface area contributed by atoms with E-state index in [1.165, 1.54) is 0 Å². The molecule has 3 amide bonds. The molecule has 22 heavy (non-hydrogen) atoms. The monoisotopic (exact) mass is 303 g/mol. The van der Waals surface area contributed by atoms with Gasteiger partial charge < -0.3 is 15.0 Å². The van der Waals surface area contributed by atoms with Gasteiger partial charge >= 0.3 is 6.03 Å². The number of hydrogen-bond donors (Lipinski definition) is 1. The highest BCUT2D eigenvalue weighted by molar-refractivity contribution is 5.97. The molecule has 2 aliphatic heterocycles. The number of carbonyl (C=O) groups is 2. The van der Waals surface area contributed by atoms with Gasteiger partial charge in [-0.05, 0) is 38.1 Å². The SMILES string of the molecule is C[C@@H]1CN(C(=O)c2ccc(N3CCNC3=O)cc2)C[C@@H](C)O1. The number of hydrogen-bond acceptors (Lipinski definition) is 3. The third kappa shape index (κ3) is 2.92. The molecule has 3 rings (SSSR count). The van der Waals surface area contributed by atoms with Gasteiger partial charge in [-0.15, -0.1) is 0 Å². The molecule has 6 nitrogen and oxygen atoms in total. The largest absolute Gasteiger partial charge is 0.372 e. The first-order valence-corrected chi connectivity index (χ1v) is 7.65. The Bertz CT molecular complexity index is 563. The van der Waals surface area contributed by atoms with E-state index in [0.29, 0.717) is 31.7 Å². The Hall–Kier alpha value is -2.08. The number of nitrogens with zero attached hydrogens (tertiary/aromatic N) is 2. The van der Waals surface area contributed by atoms with Crippen LogP contribution in [0.5, 0.6) is 0 Å². The summed E-state index contributed by atoms with van der Waals surface area (Å²) >= 11 is 0. The lowest BCUT2D eigenvalue weighted by atomic mass is 10.1. The van der Waals surface area contributed by atoms with E-state index in [4.69, 9.17) is 4.74 Å². The lowest BCUT2D eigenvalue weighted by molar-refractivity contribution is -0.0586. The van der Waals surface area contributed by atoms with Gasteiger partial charge in [0, 0.05) is 37.4 Å². The summed E-state index contributed by atoms with van der Waals surface area (Å²) in [6, 6.07) is 7.13. The first kappa shape index (κ1) is 14.8. The lowest BCUT2D eigenvalue weighted by Gasteiger charge is -2.35. The molecule has 1 aromatic rings. The Morgan fingerprint density at radius 2 is 1.82 bits per heavy atom. The number of nitrogens with one attached hydrogen (secondary N) is 1. The van der Waals surface area contributed by atoms with Crippen LogP contribution in [-0.2, 0) is 4.74 Å². The van der Waals surface area contributed by atoms with E-state index in [1.807, 2.05) is 30.9 Å². The van der Waals surface area contributed by atoms with E-state index in [0.717, 1.165) is 5.69 Å². The summed E-state index contributed by atoms with van der Waals surface area (Å²) in [5.41, 5.74) is 1.46. The molecule has 0 aliphatic carbocycles. The molecule has 0 saturated carbocycles. The second-order valence-electron chi connectivity index (χ2n) is 5.90. The van der Waals surface area contributed by atoms with Crippen LogP contribution < -0.4 is 10.2 Å². The summed E-state index contributed by atoms with van der Waals surface area (Å²) in [4.78, 5) is 27.7. The van der Waals surface area contributed by atoms with Gasteiger partial charge in [0.2, 0.25) is 0 Å². The Morgan fingerprint density at radius 3 is 2.36 bits per heavy atom. The average molecular weight is 303 g/mol. The van der Waals surface area contributed by atoms with Crippen LogP contribution in [0.2, 0.25) is 0 Å². The molecule has 6 heteroatoms. The number of urea groups is 1. The minimum atomic E-state index is -0.0881. The average Bonchev–Trinajstić information content (AvgIpc) is 2.92. The van der Waals surface area contributed by atoms with Crippen molar-refractivity contribution >= 4 is 17.6 Å². The second kappa shape index (κ2) is 5.96. The minimum Gasteiger partial charge on any atom is -0.372 e. The first-order valence-electron chi connectivity index (χ1n) is 7.65. The number of carbonyl (C=O) groups excluding carboxylic acids is 2. The van der Waals surface area contributed by atoms with Crippen LogP contribution in [0, 0.1) is 0 Å². The Morgan fingerprint density at radius 1 is 1.18 bits per heavy atom. The molecule has 1 N–H and O–H groups in total. The van der Waals surface area contributed by atoms with Gasteiger partial charge in [0.1, 0.15) is 0 Å². The fourth-order valence-corrected chi connectivity index (χ4v) is 3.03. The Kier molecular flexibility index (Phi) is 4.02. The summed E-state index contributed by atoms with van der Waals surface area (Å²) in [6.07, 6.45) is 0.112. The van der Waals surface area contributed by atoms with Crippen LogP contribution in [0.1, 0.15) is 24.2 Å². The van der Waals surface area contributed by atoms with Crippen LogP contribution in [0.15, 0.2) is 24.3 Å². The zero-order valence-corrected chi connectivity index (χ0v) is 12.9. The van der Waals surface area contributed by atoms with Crippen molar-refractivity contribution in [2.75, 3.05) is 31.1 Å². The van der Waals surface area contributed by atoms with E-state index in [1.54, 1.807) is 17.0 Å². The first-order chi connectivity index (χ1) is 10.5. The molecule has 2 saturated heterocycles. The van der Waals surface area contributed by atoms with Gasteiger partial charge in [0.25, 0.3) is 5.91 Å². The zero-order valence-electron chi connectivity index (χ0n) is 12.9. The van der Waals surface area contributed by atoms with Gasteiger partial charge in [-0.2, -0.15) is 0 Å². The molecule has 0 bridgehead atoms. The van der Waals surface area contributed by atoms with Crippen molar-refractivity contribution in [2.24, 2.45) is 0 Å². The fraction of sp³-hybridized carbons (Fsp3) is 0.500. The number of benzene rings is 1. The van der Waals surface area contributed by atoms with Gasteiger partial charge in [0.15, 0.2) is 0 Å². The van der Waals surface area contributed by atoms with E-state index in [9.17, 15) is 9.59 Å². The molecule has 2 atom stereocenters. The lowest BCUT2D eigenvalue weighted by Crippen LogP contribution is -2.48. The van der Waals surface area contributed by atoms with Crippen LogP contribution in [0.25, 0.3) is 0 Å². The molecule has 1 aromatic carbocycles. The van der Waals surface area contributed by atoms with Crippen LogP contribution in [-0.4, -0.2) is 55.2 Å². The van der Waals surface area contributed by atoms with E-state index >= 15 is 0 Å². The second-order valence-corrected chi connectivity index (χ2v) is 5.90. The van der Waals surface area contributed by atoms with E-state index < -0.39 is 0 Å². The summed E-state index contributed by atoms with van der Waals surface area (Å²) in [6.45, 7) is 6.49. The highest BCUT2D eigenvalue weighted by atomic mass is 16.5. The van der Waals surface area contributed by atoms with Gasteiger partial charge in [0.05, 0.1) is 12.2 Å². The third-order valence-electron chi connectivity index (χ3n) is 3.99. The predicted molar refractivity (Wildman–Crippen MR) is 83.1 cm³/mol. The molecule has 0 unspecified atom stereocenters. The maximum atomic E-state index is 12.6. The van der Waals surface area contributed by atoms with Crippen molar-refractivity contribution in [2.45, 2.75) is 26.1 Å². The summed E-state index contributed by atoms with van der Waals surface area (Å²) in [5, 5.41) is 2.76. The van der Waals surface area contributed by atoms with Crippen LogP contribution in [0.3, 0.4) is 0 Å². The summed E-state index contributed by atoms with van der Waals surface area (Å²) < 4.78 is 5.66. The summed E-state index contributed by atoms with van der Waals surface area (Å²) in [7, 11) is 0. The molecular formula is C16H21N3O3. The molecule has 2 aliphatic rings. The molecule has 2 heterocycles. The topological polar surface area (TPSA) is 61.9 Å². The molecule has 0 aromatic heterocycles. The van der Waals surface area contributed by atoms with Gasteiger partial charge in [-0.3, -0.25) is 9.69 Å².